The van der Waals surface area contributed by atoms with E-state index < -0.39 is 23.8 Å². The van der Waals surface area contributed by atoms with E-state index in [1.165, 1.54) is 0 Å². The van der Waals surface area contributed by atoms with Gasteiger partial charge in [0.25, 0.3) is 11.8 Å². The molecule has 0 spiro atoms. The molecular weight excluding hydrogens is 372 g/mol. The van der Waals surface area contributed by atoms with Crippen molar-refractivity contribution in [2.45, 2.75) is 26.3 Å². The smallest absolute Gasteiger partial charge is 0.262 e. The Labute approximate surface area is 168 Å². The van der Waals surface area contributed by atoms with Gasteiger partial charge in [-0.15, -0.1) is 0 Å². The van der Waals surface area contributed by atoms with Crippen LogP contribution in [0.4, 0.5) is 5.69 Å². The van der Waals surface area contributed by atoms with Crippen LogP contribution in [0, 0.1) is 5.92 Å². The number of carbonyl (C=O) groups is 3. The van der Waals surface area contributed by atoms with E-state index in [0.717, 1.165) is 11.3 Å². The summed E-state index contributed by atoms with van der Waals surface area (Å²) in [6, 6.07) is 10.8. The third-order valence-electron chi connectivity index (χ3n) is 5.02. The molecule has 29 heavy (non-hydrogen) atoms. The maximum atomic E-state index is 13.1. The molecule has 0 aliphatic carbocycles. The maximum absolute atomic E-state index is 13.1. The molecule has 7 heteroatoms. The summed E-state index contributed by atoms with van der Waals surface area (Å²) in [4.78, 5) is 39.8. The van der Waals surface area contributed by atoms with Gasteiger partial charge in [-0.2, -0.15) is 0 Å². The highest BCUT2D eigenvalue weighted by Gasteiger charge is 2.43. The Morgan fingerprint density at radius 2 is 1.59 bits per heavy atom. The molecule has 2 aromatic carbocycles. The van der Waals surface area contributed by atoms with E-state index in [9.17, 15) is 14.4 Å². The molecule has 0 bridgehead atoms. The lowest BCUT2D eigenvalue weighted by molar-refractivity contribution is -0.121. The minimum Gasteiger partial charge on any atom is -0.490 e. The van der Waals surface area contributed by atoms with Crippen LogP contribution in [0.2, 0.25) is 0 Å². The summed E-state index contributed by atoms with van der Waals surface area (Å²) in [6.07, 6.45) is 0.783. The van der Waals surface area contributed by atoms with Crippen LogP contribution in [0.15, 0.2) is 42.5 Å². The molecule has 2 heterocycles. The van der Waals surface area contributed by atoms with Crippen LogP contribution in [0.5, 0.6) is 11.5 Å². The van der Waals surface area contributed by atoms with E-state index in [-0.39, 0.29) is 5.92 Å². The van der Waals surface area contributed by atoms with Gasteiger partial charge in [-0.3, -0.25) is 19.3 Å². The quantitative estimate of drug-likeness (QED) is 0.806. The summed E-state index contributed by atoms with van der Waals surface area (Å²) in [5.41, 5.74) is 1.17. The molecule has 2 aromatic rings. The lowest BCUT2D eigenvalue weighted by Gasteiger charge is -2.28. The SMILES string of the molecule is CC(C)[C@H](C(=O)Nc1ccc2c(c1)OCCCO2)N1C(=O)c2ccccc2C1=O. The summed E-state index contributed by atoms with van der Waals surface area (Å²) in [5.74, 6) is -0.402. The summed E-state index contributed by atoms with van der Waals surface area (Å²) in [7, 11) is 0. The molecule has 0 fully saturated rings. The lowest BCUT2D eigenvalue weighted by atomic mass is 10.0. The van der Waals surface area contributed by atoms with Crippen LogP contribution in [0.3, 0.4) is 0 Å². The monoisotopic (exact) mass is 394 g/mol. The van der Waals surface area contributed by atoms with Crippen molar-refractivity contribution in [3.05, 3.63) is 53.6 Å². The zero-order valence-electron chi connectivity index (χ0n) is 16.3. The molecule has 2 aliphatic heterocycles. The Hall–Kier alpha value is -3.35. The van der Waals surface area contributed by atoms with Crippen molar-refractivity contribution in [1.29, 1.82) is 0 Å². The van der Waals surface area contributed by atoms with Crippen LogP contribution in [0.25, 0.3) is 0 Å². The first-order valence-corrected chi connectivity index (χ1v) is 9.65. The van der Waals surface area contributed by atoms with Gasteiger partial charge in [0.05, 0.1) is 24.3 Å². The molecule has 1 atom stereocenters. The molecule has 2 aliphatic rings. The van der Waals surface area contributed by atoms with Crippen molar-refractivity contribution in [1.82, 2.24) is 4.90 Å². The van der Waals surface area contributed by atoms with E-state index >= 15 is 0 Å². The second kappa shape index (κ2) is 7.58. The molecule has 3 amide bonds. The van der Waals surface area contributed by atoms with E-state index in [1.54, 1.807) is 42.5 Å². The molecule has 4 rings (SSSR count). The topological polar surface area (TPSA) is 84.9 Å². The number of hydrogen-bond acceptors (Lipinski definition) is 5. The molecule has 0 unspecified atom stereocenters. The van der Waals surface area contributed by atoms with E-state index in [0.29, 0.717) is 41.5 Å². The zero-order chi connectivity index (χ0) is 20.5. The number of ether oxygens (including phenoxy) is 2. The summed E-state index contributed by atoms with van der Waals surface area (Å²) >= 11 is 0. The Balaban J connectivity index is 1.59. The number of benzene rings is 2. The second-order valence-corrected chi connectivity index (χ2v) is 7.42. The van der Waals surface area contributed by atoms with Crippen LogP contribution >= 0.6 is 0 Å². The van der Waals surface area contributed by atoms with Crippen molar-refractivity contribution in [2.24, 2.45) is 5.92 Å². The van der Waals surface area contributed by atoms with Crippen LogP contribution in [-0.2, 0) is 4.79 Å². The van der Waals surface area contributed by atoms with Gasteiger partial charge in [0.2, 0.25) is 5.91 Å². The Morgan fingerprint density at radius 3 is 2.21 bits per heavy atom. The Bertz CT molecular complexity index is 950. The first kappa shape index (κ1) is 19.0. The van der Waals surface area contributed by atoms with E-state index in [4.69, 9.17) is 9.47 Å². The molecule has 0 aromatic heterocycles. The largest absolute Gasteiger partial charge is 0.490 e. The first-order valence-electron chi connectivity index (χ1n) is 9.65. The van der Waals surface area contributed by atoms with Crippen molar-refractivity contribution < 1.29 is 23.9 Å². The number of carbonyl (C=O) groups excluding carboxylic acids is 3. The Morgan fingerprint density at radius 1 is 0.966 bits per heavy atom. The van der Waals surface area contributed by atoms with Gasteiger partial charge in [0, 0.05) is 18.2 Å². The van der Waals surface area contributed by atoms with Crippen molar-refractivity contribution >= 4 is 23.4 Å². The normalized spacial score (nSPS) is 16.4. The highest BCUT2D eigenvalue weighted by Crippen LogP contribution is 2.33. The lowest BCUT2D eigenvalue weighted by Crippen LogP contribution is -2.50. The van der Waals surface area contributed by atoms with Gasteiger partial charge in [0.1, 0.15) is 6.04 Å². The van der Waals surface area contributed by atoms with Gasteiger partial charge in [0.15, 0.2) is 11.5 Å². The summed E-state index contributed by atoms with van der Waals surface area (Å²) in [5, 5.41) is 2.82. The molecule has 150 valence electrons. The van der Waals surface area contributed by atoms with Gasteiger partial charge in [-0.1, -0.05) is 26.0 Å². The molecule has 1 N–H and O–H groups in total. The summed E-state index contributed by atoms with van der Waals surface area (Å²) in [6.45, 7) is 4.73. The minimum atomic E-state index is -0.932. The predicted octanol–water partition coefficient (Wildman–Crippen LogP) is 3.11. The van der Waals surface area contributed by atoms with Gasteiger partial charge >= 0.3 is 0 Å². The fraction of sp³-hybridized carbons (Fsp3) is 0.318. The van der Waals surface area contributed by atoms with Gasteiger partial charge < -0.3 is 14.8 Å². The number of anilines is 1. The molecule has 0 radical (unpaired) electrons. The third kappa shape index (κ3) is 3.44. The number of fused-ring (bicyclic) bond motifs is 2. The van der Waals surface area contributed by atoms with Crippen molar-refractivity contribution in [3.63, 3.8) is 0 Å². The third-order valence-corrected chi connectivity index (χ3v) is 5.02. The van der Waals surface area contributed by atoms with Gasteiger partial charge in [-0.05, 0) is 30.2 Å². The van der Waals surface area contributed by atoms with Crippen molar-refractivity contribution in [3.8, 4) is 11.5 Å². The highest BCUT2D eigenvalue weighted by molar-refractivity contribution is 6.23. The maximum Gasteiger partial charge on any atom is 0.262 e. The fourth-order valence-corrected chi connectivity index (χ4v) is 3.64. The summed E-state index contributed by atoms with van der Waals surface area (Å²) < 4.78 is 11.3. The number of amides is 3. The number of hydrogen-bond donors (Lipinski definition) is 1. The molecule has 7 nitrogen and oxygen atoms in total. The molecule has 0 saturated heterocycles. The van der Waals surface area contributed by atoms with Crippen LogP contribution < -0.4 is 14.8 Å². The van der Waals surface area contributed by atoms with Crippen LogP contribution in [0.1, 0.15) is 41.0 Å². The standard InChI is InChI=1S/C22H22N2O5/c1-13(2)19(24-21(26)15-6-3-4-7-16(15)22(24)27)20(25)23-14-8-9-17-18(12-14)29-11-5-10-28-17/h3-4,6-9,12-13,19H,5,10-11H2,1-2H3,(H,23,25)/t19-/m1/s1. The number of nitrogens with one attached hydrogen (secondary N) is 1. The predicted molar refractivity (Wildman–Crippen MR) is 106 cm³/mol. The van der Waals surface area contributed by atoms with E-state index in [2.05, 4.69) is 5.32 Å². The minimum absolute atomic E-state index is 0.266. The van der Waals surface area contributed by atoms with Crippen LogP contribution in [-0.4, -0.2) is 41.9 Å². The fourth-order valence-electron chi connectivity index (χ4n) is 3.64. The number of imide groups is 1. The molecule has 0 saturated carbocycles. The number of nitrogens with zero attached hydrogens (tertiary/aromatic N) is 1. The van der Waals surface area contributed by atoms with E-state index in [1.807, 2.05) is 13.8 Å². The zero-order valence-corrected chi connectivity index (χ0v) is 16.3. The second-order valence-electron chi connectivity index (χ2n) is 7.42. The average Bonchev–Trinajstić information content (AvgIpc) is 2.86. The first-order chi connectivity index (χ1) is 14.0. The van der Waals surface area contributed by atoms with Crippen molar-refractivity contribution in [2.75, 3.05) is 18.5 Å². The molecular formula is C22H22N2O5. The Kier molecular flexibility index (Phi) is 4.96. The van der Waals surface area contributed by atoms with Gasteiger partial charge in [-0.25, -0.2) is 0 Å². The average molecular weight is 394 g/mol. The highest BCUT2D eigenvalue weighted by atomic mass is 16.5. The number of rotatable bonds is 4.